The third-order valence-corrected chi connectivity index (χ3v) is 16.2. The van der Waals surface area contributed by atoms with Gasteiger partial charge in [-0.3, -0.25) is 14.4 Å². The molecule has 0 saturated carbocycles. The number of carbonyl (C=O) groups is 3. The summed E-state index contributed by atoms with van der Waals surface area (Å²) in [7, 11) is 0. The summed E-state index contributed by atoms with van der Waals surface area (Å²) in [6.45, 7) is 6.57. The molecular weight excluding hydrogens is 973 g/mol. The number of hydrogen-bond donors (Lipinski definition) is 0. The highest BCUT2D eigenvalue weighted by Gasteiger charge is 2.19. The maximum Gasteiger partial charge on any atom is 0.306 e. The predicted molar refractivity (Wildman–Crippen MR) is 344 cm³/mol. The Kier molecular flexibility index (Phi) is 66.1. The molecule has 0 spiro atoms. The third kappa shape index (κ3) is 66.3. The molecule has 0 amide bonds. The molecule has 0 aromatic carbocycles. The lowest BCUT2D eigenvalue weighted by Gasteiger charge is -2.18. The lowest BCUT2D eigenvalue weighted by atomic mass is 10.0. The van der Waals surface area contributed by atoms with Gasteiger partial charge in [-0.1, -0.05) is 359 Å². The minimum atomic E-state index is -0.781. The van der Waals surface area contributed by atoms with Gasteiger partial charge in [0.1, 0.15) is 13.2 Å². The van der Waals surface area contributed by atoms with Gasteiger partial charge < -0.3 is 14.2 Å². The summed E-state index contributed by atoms with van der Waals surface area (Å²) >= 11 is 0. The largest absolute Gasteiger partial charge is 0.462 e. The molecule has 0 rings (SSSR count). The van der Waals surface area contributed by atoms with Crippen molar-refractivity contribution in [3.63, 3.8) is 0 Å². The molecule has 6 nitrogen and oxygen atoms in total. The van der Waals surface area contributed by atoms with Crippen molar-refractivity contribution < 1.29 is 28.6 Å². The van der Waals surface area contributed by atoms with Crippen LogP contribution in [0.3, 0.4) is 0 Å². The Morgan fingerprint density at radius 3 is 0.772 bits per heavy atom. The summed E-state index contributed by atoms with van der Waals surface area (Å²) in [5.74, 6) is -0.882. The Morgan fingerprint density at radius 2 is 0.494 bits per heavy atom. The minimum absolute atomic E-state index is 0.0762. The number of allylic oxidation sites excluding steroid dienone is 6. The molecule has 0 aliphatic carbocycles. The zero-order valence-electron chi connectivity index (χ0n) is 53.4. The van der Waals surface area contributed by atoms with Gasteiger partial charge in [-0.15, -0.1) is 0 Å². The lowest BCUT2D eigenvalue weighted by Crippen LogP contribution is -2.30. The van der Waals surface area contributed by atoms with E-state index in [2.05, 4.69) is 57.2 Å². The smallest absolute Gasteiger partial charge is 0.306 e. The lowest BCUT2D eigenvalue weighted by molar-refractivity contribution is -0.167. The fourth-order valence-electron chi connectivity index (χ4n) is 10.9. The number of rotatable bonds is 66. The van der Waals surface area contributed by atoms with Crippen LogP contribution in [-0.4, -0.2) is 37.2 Å². The highest BCUT2D eigenvalue weighted by molar-refractivity contribution is 5.71. The summed E-state index contributed by atoms with van der Waals surface area (Å²) in [6, 6.07) is 0. The molecule has 0 saturated heterocycles. The molecule has 0 heterocycles. The van der Waals surface area contributed by atoms with Gasteiger partial charge in [0.25, 0.3) is 0 Å². The van der Waals surface area contributed by atoms with Crippen molar-refractivity contribution in [2.75, 3.05) is 13.2 Å². The number of unbranched alkanes of at least 4 members (excludes halogenated alkanes) is 49. The molecule has 1 atom stereocenters. The fraction of sp³-hybridized carbons (Fsp3) is 0.877. The molecule has 6 heteroatoms. The first-order valence-corrected chi connectivity index (χ1v) is 35.5. The van der Waals surface area contributed by atoms with E-state index in [4.69, 9.17) is 14.2 Å². The van der Waals surface area contributed by atoms with Crippen molar-refractivity contribution in [2.24, 2.45) is 0 Å². The number of ether oxygens (including phenoxy) is 3. The van der Waals surface area contributed by atoms with E-state index < -0.39 is 6.10 Å². The van der Waals surface area contributed by atoms with Crippen LogP contribution in [0.4, 0.5) is 0 Å². The van der Waals surface area contributed by atoms with Gasteiger partial charge in [-0.05, 0) is 51.4 Å². The highest BCUT2D eigenvalue weighted by atomic mass is 16.6. The second-order valence-electron chi connectivity index (χ2n) is 24.1. The van der Waals surface area contributed by atoms with Crippen molar-refractivity contribution in [1.29, 1.82) is 0 Å². The van der Waals surface area contributed by atoms with Crippen LogP contribution in [0.1, 0.15) is 393 Å². The molecule has 79 heavy (non-hydrogen) atoms. The molecule has 0 aromatic heterocycles. The van der Waals surface area contributed by atoms with E-state index in [-0.39, 0.29) is 31.1 Å². The second-order valence-corrected chi connectivity index (χ2v) is 24.1. The van der Waals surface area contributed by atoms with E-state index >= 15 is 0 Å². The molecule has 0 aromatic rings. The van der Waals surface area contributed by atoms with Gasteiger partial charge in [-0.25, -0.2) is 0 Å². The maximum atomic E-state index is 12.9. The summed E-state index contributed by atoms with van der Waals surface area (Å²) in [4.78, 5) is 38.3. The van der Waals surface area contributed by atoms with E-state index in [0.29, 0.717) is 19.3 Å². The summed E-state index contributed by atoms with van der Waals surface area (Å²) < 4.78 is 16.9. The Hall–Kier alpha value is -2.37. The molecule has 0 bridgehead atoms. The van der Waals surface area contributed by atoms with Crippen molar-refractivity contribution in [2.45, 2.75) is 399 Å². The Balaban J connectivity index is 4.04. The van der Waals surface area contributed by atoms with Gasteiger partial charge in [-0.2, -0.15) is 0 Å². The molecule has 0 fully saturated rings. The van der Waals surface area contributed by atoms with E-state index in [1.54, 1.807) is 0 Å². The van der Waals surface area contributed by atoms with Gasteiger partial charge >= 0.3 is 17.9 Å². The van der Waals surface area contributed by atoms with Crippen molar-refractivity contribution in [1.82, 2.24) is 0 Å². The minimum Gasteiger partial charge on any atom is -0.462 e. The quantitative estimate of drug-likeness (QED) is 0.0261. The van der Waals surface area contributed by atoms with E-state index in [9.17, 15) is 14.4 Å². The number of esters is 3. The first-order valence-electron chi connectivity index (χ1n) is 35.5. The van der Waals surface area contributed by atoms with Gasteiger partial charge in [0.05, 0.1) is 0 Å². The summed E-state index contributed by atoms with van der Waals surface area (Å²) in [5.41, 5.74) is 0. The van der Waals surface area contributed by atoms with Crippen LogP contribution < -0.4 is 0 Å². The standard InChI is InChI=1S/C73H136O6/c1-4-7-10-13-16-19-22-25-27-28-29-30-31-32-33-34-35-36-37-38-39-40-41-42-43-44-45-46-49-51-54-57-60-63-66-72(75)78-69-70(68-77-71(74)65-62-59-56-53-50-47-24-21-18-15-12-9-6-3)79-73(76)67-64-61-58-55-52-48-26-23-20-17-14-11-8-5-2/h9,12,18,21,47,50,70H,4-8,10-11,13-17,19-20,22-46,48-49,51-69H2,1-3H3/b12-9-,21-18-,50-47-. The Labute approximate surface area is 493 Å². The summed E-state index contributed by atoms with van der Waals surface area (Å²) in [5, 5.41) is 0. The molecule has 0 radical (unpaired) electrons. The average molecular weight is 1110 g/mol. The van der Waals surface area contributed by atoms with Crippen molar-refractivity contribution >= 4 is 17.9 Å². The molecule has 464 valence electrons. The van der Waals surface area contributed by atoms with Crippen LogP contribution in [0.25, 0.3) is 0 Å². The second kappa shape index (κ2) is 68.1. The first kappa shape index (κ1) is 76.6. The van der Waals surface area contributed by atoms with Crippen LogP contribution in [-0.2, 0) is 28.6 Å². The monoisotopic (exact) mass is 1110 g/mol. The normalized spacial score (nSPS) is 12.2. The molecule has 1 unspecified atom stereocenters. The number of hydrogen-bond acceptors (Lipinski definition) is 6. The van der Waals surface area contributed by atoms with Crippen LogP contribution >= 0.6 is 0 Å². The Bertz CT molecular complexity index is 1320. The van der Waals surface area contributed by atoms with Crippen LogP contribution in [0.15, 0.2) is 36.5 Å². The van der Waals surface area contributed by atoms with Gasteiger partial charge in [0, 0.05) is 19.3 Å². The first-order chi connectivity index (χ1) is 39.0. The average Bonchev–Trinajstić information content (AvgIpc) is 3.45. The van der Waals surface area contributed by atoms with E-state index in [1.807, 2.05) is 0 Å². The van der Waals surface area contributed by atoms with Gasteiger partial charge in [0.15, 0.2) is 6.10 Å². The molecule has 0 aliphatic heterocycles. The maximum absolute atomic E-state index is 12.9. The fourth-order valence-corrected chi connectivity index (χ4v) is 10.9. The molecule has 0 N–H and O–H groups in total. The van der Waals surface area contributed by atoms with E-state index in [0.717, 1.165) is 83.5 Å². The predicted octanol–water partition coefficient (Wildman–Crippen LogP) is 24.3. The third-order valence-electron chi connectivity index (χ3n) is 16.2. The molecular formula is C73H136O6. The zero-order valence-corrected chi connectivity index (χ0v) is 53.4. The Morgan fingerprint density at radius 1 is 0.266 bits per heavy atom. The SMILES string of the molecule is CC/C=C\C/C=C\C/C=C\CCCCCC(=O)OCC(COC(=O)CCCCCCCCCCCCCCCCCCCCCCCCCCCCCCCCCCCC)OC(=O)CCCCCCCCCCCCCCCC. The van der Waals surface area contributed by atoms with Crippen LogP contribution in [0.5, 0.6) is 0 Å². The zero-order chi connectivity index (χ0) is 57.1. The van der Waals surface area contributed by atoms with Crippen LogP contribution in [0.2, 0.25) is 0 Å². The van der Waals surface area contributed by atoms with Crippen LogP contribution in [0, 0.1) is 0 Å². The highest BCUT2D eigenvalue weighted by Crippen LogP contribution is 2.19. The van der Waals surface area contributed by atoms with Gasteiger partial charge in [0.2, 0.25) is 0 Å². The summed E-state index contributed by atoms with van der Waals surface area (Å²) in [6.07, 6.45) is 85.0. The topological polar surface area (TPSA) is 78.9 Å². The van der Waals surface area contributed by atoms with E-state index in [1.165, 1.54) is 270 Å². The molecule has 0 aliphatic rings. The number of carbonyl (C=O) groups excluding carboxylic acids is 3. The van der Waals surface area contributed by atoms with Crippen molar-refractivity contribution in [3.05, 3.63) is 36.5 Å². The van der Waals surface area contributed by atoms with Crippen molar-refractivity contribution in [3.8, 4) is 0 Å².